The molecular weight excluding hydrogens is 428 g/mol. The van der Waals surface area contributed by atoms with Gasteiger partial charge >= 0.3 is 17.9 Å². The standard InChI is InChI=1S/C24H24N2O7/c1-4-32-19(27)14-15-33-18-12-10-16(11-13-18)21-20(23(28)30-2)22(24(29)31-3)26(25-21)17-8-6-5-7-9-17/h5-13H,4,14-15H2,1-3H3. The molecule has 1 heterocycles. The molecule has 0 unspecified atom stereocenters. The van der Waals surface area contributed by atoms with E-state index in [0.717, 1.165) is 0 Å². The molecule has 0 fully saturated rings. The Balaban J connectivity index is 1.98. The van der Waals surface area contributed by atoms with Crippen LogP contribution < -0.4 is 4.74 Å². The van der Waals surface area contributed by atoms with E-state index in [-0.39, 0.29) is 35.9 Å². The summed E-state index contributed by atoms with van der Waals surface area (Å²) in [7, 11) is 2.46. The van der Waals surface area contributed by atoms with Gasteiger partial charge in [-0.15, -0.1) is 0 Å². The number of aromatic nitrogens is 2. The topological polar surface area (TPSA) is 106 Å². The lowest BCUT2D eigenvalue weighted by Crippen LogP contribution is -2.15. The Hall–Kier alpha value is -4.14. The van der Waals surface area contributed by atoms with Crippen LogP contribution >= 0.6 is 0 Å². The number of nitrogens with zero attached hydrogens (tertiary/aromatic N) is 2. The largest absolute Gasteiger partial charge is 0.493 e. The predicted octanol–water partition coefficient (Wildman–Crippen LogP) is 3.44. The molecule has 0 amide bonds. The van der Waals surface area contributed by atoms with Gasteiger partial charge in [0.25, 0.3) is 0 Å². The molecule has 9 heteroatoms. The third-order valence-corrected chi connectivity index (χ3v) is 4.66. The molecule has 0 aliphatic carbocycles. The van der Waals surface area contributed by atoms with Crippen molar-refractivity contribution in [2.75, 3.05) is 27.4 Å². The van der Waals surface area contributed by atoms with Crippen molar-refractivity contribution in [2.45, 2.75) is 13.3 Å². The minimum Gasteiger partial charge on any atom is -0.493 e. The minimum absolute atomic E-state index is 0.0100. The molecule has 33 heavy (non-hydrogen) atoms. The summed E-state index contributed by atoms with van der Waals surface area (Å²) in [5.41, 5.74) is 1.34. The molecule has 9 nitrogen and oxygen atoms in total. The van der Waals surface area contributed by atoms with E-state index >= 15 is 0 Å². The van der Waals surface area contributed by atoms with Gasteiger partial charge in [0.1, 0.15) is 17.0 Å². The molecule has 0 aliphatic rings. The first kappa shape index (κ1) is 23.5. The van der Waals surface area contributed by atoms with Gasteiger partial charge in [0.2, 0.25) is 0 Å². The average molecular weight is 452 g/mol. The summed E-state index contributed by atoms with van der Waals surface area (Å²) in [4.78, 5) is 36.7. The van der Waals surface area contributed by atoms with Gasteiger partial charge in [-0.05, 0) is 43.3 Å². The zero-order valence-corrected chi connectivity index (χ0v) is 18.6. The first-order valence-corrected chi connectivity index (χ1v) is 10.2. The fraction of sp³-hybridized carbons (Fsp3) is 0.250. The summed E-state index contributed by atoms with van der Waals surface area (Å²) in [6, 6.07) is 15.7. The Morgan fingerprint density at radius 2 is 1.58 bits per heavy atom. The second-order valence-corrected chi connectivity index (χ2v) is 6.73. The van der Waals surface area contributed by atoms with Crippen molar-refractivity contribution in [2.24, 2.45) is 0 Å². The lowest BCUT2D eigenvalue weighted by Gasteiger charge is -2.07. The third kappa shape index (κ3) is 5.38. The van der Waals surface area contributed by atoms with Crippen molar-refractivity contribution in [3.05, 3.63) is 65.9 Å². The number of methoxy groups -OCH3 is 2. The summed E-state index contributed by atoms with van der Waals surface area (Å²) in [5, 5.41) is 4.54. The second-order valence-electron chi connectivity index (χ2n) is 6.73. The van der Waals surface area contributed by atoms with Crippen LogP contribution in [0.4, 0.5) is 0 Å². The van der Waals surface area contributed by atoms with Crippen molar-refractivity contribution in [1.82, 2.24) is 9.78 Å². The highest BCUT2D eigenvalue weighted by Gasteiger charge is 2.31. The number of benzene rings is 2. The van der Waals surface area contributed by atoms with Crippen LogP contribution in [0.5, 0.6) is 5.75 Å². The lowest BCUT2D eigenvalue weighted by atomic mass is 10.1. The number of rotatable bonds is 9. The molecule has 0 bridgehead atoms. The summed E-state index contributed by atoms with van der Waals surface area (Å²) in [6.45, 7) is 2.23. The Morgan fingerprint density at radius 3 is 2.18 bits per heavy atom. The van der Waals surface area contributed by atoms with Crippen LogP contribution in [0.3, 0.4) is 0 Å². The van der Waals surface area contributed by atoms with E-state index in [4.69, 9.17) is 18.9 Å². The van der Waals surface area contributed by atoms with Gasteiger partial charge in [-0.25, -0.2) is 14.3 Å². The molecule has 0 radical (unpaired) electrons. The predicted molar refractivity (Wildman–Crippen MR) is 118 cm³/mol. The molecule has 3 rings (SSSR count). The van der Waals surface area contributed by atoms with E-state index < -0.39 is 11.9 Å². The van der Waals surface area contributed by atoms with Gasteiger partial charge in [0.05, 0.1) is 39.5 Å². The van der Waals surface area contributed by atoms with Crippen LogP contribution in [-0.2, 0) is 19.0 Å². The molecule has 1 aromatic heterocycles. The number of hydrogen-bond donors (Lipinski definition) is 0. The highest BCUT2D eigenvalue weighted by atomic mass is 16.5. The Morgan fingerprint density at radius 1 is 0.909 bits per heavy atom. The van der Waals surface area contributed by atoms with E-state index in [1.165, 1.54) is 18.9 Å². The molecule has 0 saturated heterocycles. The van der Waals surface area contributed by atoms with Crippen molar-refractivity contribution in [3.8, 4) is 22.7 Å². The monoisotopic (exact) mass is 452 g/mol. The van der Waals surface area contributed by atoms with E-state index in [1.54, 1.807) is 55.5 Å². The first-order valence-electron chi connectivity index (χ1n) is 10.2. The van der Waals surface area contributed by atoms with Gasteiger partial charge in [-0.1, -0.05) is 18.2 Å². The van der Waals surface area contributed by atoms with Crippen LogP contribution in [0.2, 0.25) is 0 Å². The molecule has 0 saturated carbocycles. The van der Waals surface area contributed by atoms with Crippen LogP contribution in [0.25, 0.3) is 16.9 Å². The fourth-order valence-electron chi connectivity index (χ4n) is 3.15. The number of carbonyl (C=O) groups excluding carboxylic acids is 3. The lowest BCUT2D eigenvalue weighted by molar-refractivity contribution is -0.143. The Bertz CT molecular complexity index is 1120. The maximum Gasteiger partial charge on any atom is 0.357 e. The van der Waals surface area contributed by atoms with Crippen LogP contribution in [0.15, 0.2) is 54.6 Å². The number of carbonyl (C=O) groups is 3. The van der Waals surface area contributed by atoms with Crippen LogP contribution in [-0.4, -0.2) is 55.1 Å². The fourth-order valence-corrected chi connectivity index (χ4v) is 3.15. The SMILES string of the molecule is CCOC(=O)CCOc1ccc(-c2nn(-c3ccccc3)c(C(=O)OC)c2C(=O)OC)cc1. The highest BCUT2D eigenvalue weighted by molar-refractivity contribution is 6.06. The van der Waals surface area contributed by atoms with Crippen LogP contribution in [0, 0.1) is 0 Å². The first-order chi connectivity index (χ1) is 16.0. The van der Waals surface area contributed by atoms with Gasteiger partial charge in [-0.2, -0.15) is 5.10 Å². The molecule has 3 aromatic rings. The van der Waals surface area contributed by atoms with Gasteiger partial charge < -0.3 is 18.9 Å². The van der Waals surface area contributed by atoms with Crippen molar-refractivity contribution in [1.29, 1.82) is 0 Å². The summed E-state index contributed by atoms with van der Waals surface area (Å²) < 4.78 is 21.7. The van der Waals surface area contributed by atoms with E-state index in [0.29, 0.717) is 23.6 Å². The van der Waals surface area contributed by atoms with Gasteiger partial charge in [0, 0.05) is 5.56 Å². The molecule has 172 valence electrons. The van der Waals surface area contributed by atoms with E-state index in [2.05, 4.69) is 5.10 Å². The maximum absolute atomic E-state index is 12.7. The molecule has 0 aliphatic heterocycles. The minimum atomic E-state index is -0.725. The number of esters is 3. The van der Waals surface area contributed by atoms with E-state index in [9.17, 15) is 14.4 Å². The van der Waals surface area contributed by atoms with E-state index in [1.807, 2.05) is 6.07 Å². The quantitative estimate of drug-likeness (QED) is 0.359. The van der Waals surface area contributed by atoms with Crippen LogP contribution in [0.1, 0.15) is 34.2 Å². The maximum atomic E-state index is 12.7. The van der Waals surface area contributed by atoms with Crippen molar-refractivity contribution in [3.63, 3.8) is 0 Å². The Labute approximate surface area is 190 Å². The highest BCUT2D eigenvalue weighted by Crippen LogP contribution is 2.30. The smallest absolute Gasteiger partial charge is 0.357 e. The molecular formula is C24H24N2O7. The molecule has 0 N–H and O–H groups in total. The number of hydrogen-bond acceptors (Lipinski definition) is 8. The second kappa shape index (κ2) is 10.9. The van der Waals surface area contributed by atoms with Crippen molar-refractivity contribution >= 4 is 17.9 Å². The average Bonchev–Trinajstić information content (AvgIpc) is 3.25. The van der Waals surface area contributed by atoms with Crippen molar-refractivity contribution < 1.29 is 33.3 Å². The summed E-state index contributed by atoms with van der Waals surface area (Å²) in [6.07, 6.45) is 0.131. The zero-order chi connectivity index (χ0) is 23.8. The molecule has 2 aromatic carbocycles. The van der Waals surface area contributed by atoms with Gasteiger partial charge in [-0.3, -0.25) is 4.79 Å². The molecule has 0 spiro atoms. The number of ether oxygens (including phenoxy) is 4. The molecule has 0 atom stereocenters. The normalized spacial score (nSPS) is 10.4. The zero-order valence-electron chi connectivity index (χ0n) is 18.6. The number of para-hydroxylation sites is 1. The van der Waals surface area contributed by atoms with Gasteiger partial charge in [0.15, 0.2) is 5.69 Å². The third-order valence-electron chi connectivity index (χ3n) is 4.66. The summed E-state index contributed by atoms with van der Waals surface area (Å²) >= 11 is 0. The summed E-state index contributed by atoms with van der Waals surface area (Å²) in [5.74, 6) is -1.25. The Kier molecular flexibility index (Phi) is 7.80.